The van der Waals surface area contributed by atoms with Crippen molar-refractivity contribution in [1.29, 1.82) is 0 Å². The highest BCUT2D eigenvalue weighted by Crippen LogP contribution is 2.26. The van der Waals surface area contributed by atoms with E-state index in [0.29, 0.717) is 22.6 Å². The van der Waals surface area contributed by atoms with Crippen LogP contribution in [0.3, 0.4) is 0 Å². The number of nitrogens with zero attached hydrogens (tertiary/aromatic N) is 2. The fourth-order valence-electron chi connectivity index (χ4n) is 3.23. The summed E-state index contributed by atoms with van der Waals surface area (Å²) in [7, 11) is 0. The van der Waals surface area contributed by atoms with Crippen LogP contribution in [0, 0.1) is 11.7 Å². The lowest BCUT2D eigenvalue weighted by molar-refractivity contribution is -0.141. The smallest absolute Gasteiger partial charge is 0.307 e. The van der Waals surface area contributed by atoms with Gasteiger partial charge in [0.25, 0.3) is 5.91 Å². The average Bonchev–Trinajstić information content (AvgIpc) is 3.29. The van der Waals surface area contributed by atoms with E-state index in [2.05, 4.69) is 20.7 Å². The predicted molar refractivity (Wildman–Crippen MR) is 113 cm³/mol. The van der Waals surface area contributed by atoms with Crippen molar-refractivity contribution in [2.24, 2.45) is 11.7 Å². The number of benzene rings is 2. The summed E-state index contributed by atoms with van der Waals surface area (Å²) in [5.74, 6) is -2.68. The summed E-state index contributed by atoms with van der Waals surface area (Å²) in [6.45, 7) is -0.0553. The van der Waals surface area contributed by atoms with Gasteiger partial charge in [-0.05, 0) is 42.2 Å². The maximum absolute atomic E-state index is 14.1. The monoisotopic (exact) mass is 445 g/mol. The molecule has 2 aromatic carbocycles. The van der Waals surface area contributed by atoms with Crippen LogP contribution in [0.4, 0.5) is 4.39 Å². The number of rotatable bonds is 9. The Morgan fingerprint density at radius 2 is 1.97 bits per heavy atom. The molecule has 3 aromatic rings. The first-order chi connectivity index (χ1) is 14.9. The van der Waals surface area contributed by atoms with Gasteiger partial charge in [0.1, 0.15) is 11.5 Å². The van der Waals surface area contributed by atoms with Crippen LogP contribution in [0.15, 0.2) is 48.7 Å². The number of carboxylic acids is 1. The van der Waals surface area contributed by atoms with Gasteiger partial charge in [0.2, 0.25) is 0 Å². The second-order valence-electron chi connectivity index (χ2n) is 7.07. The lowest BCUT2D eigenvalue weighted by Gasteiger charge is -2.22. The summed E-state index contributed by atoms with van der Waals surface area (Å²) in [6, 6.07) is 10.9. The number of carbonyl (C=O) groups is 2. The van der Waals surface area contributed by atoms with E-state index >= 15 is 0 Å². The minimum absolute atomic E-state index is 0.0553. The van der Waals surface area contributed by atoms with Crippen LogP contribution in [0.2, 0.25) is 5.02 Å². The number of aromatic nitrogens is 3. The summed E-state index contributed by atoms with van der Waals surface area (Å²) in [5, 5.41) is 22.1. The van der Waals surface area contributed by atoms with Crippen molar-refractivity contribution in [3.05, 3.63) is 70.8 Å². The molecule has 8 nitrogen and oxygen atoms in total. The summed E-state index contributed by atoms with van der Waals surface area (Å²) in [6.07, 6.45) is 1.78. The zero-order valence-electron chi connectivity index (χ0n) is 16.4. The molecule has 0 aliphatic heterocycles. The number of nitrogens with one attached hydrogen (secondary N) is 2. The number of nitrogens with two attached hydrogens (primary N) is 1. The Kier molecular flexibility index (Phi) is 7.32. The summed E-state index contributed by atoms with van der Waals surface area (Å²) < 4.78 is 14.1. The summed E-state index contributed by atoms with van der Waals surface area (Å²) in [4.78, 5) is 23.8. The first-order valence-corrected chi connectivity index (χ1v) is 9.89. The van der Waals surface area contributed by atoms with Gasteiger partial charge in [-0.2, -0.15) is 0 Å². The van der Waals surface area contributed by atoms with Crippen LogP contribution in [0.1, 0.15) is 22.5 Å². The molecule has 0 bridgehead atoms. The van der Waals surface area contributed by atoms with Crippen molar-refractivity contribution in [3.63, 3.8) is 0 Å². The lowest BCUT2D eigenvalue weighted by atomic mass is 9.94. The number of halogens is 2. The number of amides is 1. The van der Waals surface area contributed by atoms with Crippen molar-refractivity contribution < 1.29 is 19.1 Å². The molecule has 3 rings (SSSR count). The number of H-pyrrole nitrogens is 1. The molecule has 0 fully saturated rings. The van der Waals surface area contributed by atoms with E-state index in [4.69, 9.17) is 17.3 Å². The van der Waals surface area contributed by atoms with Crippen LogP contribution in [0.25, 0.3) is 11.1 Å². The van der Waals surface area contributed by atoms with E-state index in [1.807, 2.05) is 0 Å². The van der Waals surface area contributed by atoms with Crippen molar-refractivity contribution in [1.82, 2.24) is 20.7 Å². The molecule has 5 N–H and O–H groups in total. The largest absolute Gasteiger partial charge is 0.481 e. The Morgan fingerprint density at radius 3 is 2.58 bits per heavy atom. The molecule has 1 amide bonds. The molecular weight excluding hydrogens is 425 g/mol. The second-order valence-corrected chi connectivity index (χ2v) is 7.51. The number of hydrogen-bond donors (Lipinski definition) is 4. The molecule has 2 atom stereocenters. The zero-order chi connectivity index (χ0) is 22.4. The quantitative estimate of drug-likeness (QED) is 0.400. The zero-order valence-corrected chi connectivity index (χ0v) is 17.1. The minimum atomic E-state index is -1.03. The fraction of sp³-hybridized carbons (Fsp3) is 0.238. The summed E-state index contributed by atoms with van der Waals surface area (Å²) in [5.41, 5.74) is 7.61. The summed E-state index contributed by atoms with van der Waals surface area (Å²) >= 11 is 5.97. The molecule has 0 unspecified atom stereocenters. The Morgan fingerprint density at radius 1 is 1.23 bits per heavy atom. The highest BCUT2D eigenvalue weighted by molar-refractivity contribution is 6.30. The van der Waals surface area contributed by atoms with E-state index in [0.717, 1.165) is 5.56 Å². The maximum atomic E-state index is 14.1. The Labute approximate surface area is 182 Å². The van der Waals surface area contributed by atoms with Crippen LogP contribution in [0.5, 0.6) is 0 Å². The third kappa shape index (κ3) is 5.87. The van der Waals surface area contributed by atoms with Gasteiger partial charge in [0.05, 0.1) is 12.1 Å². The third-order valence-electron chi connectivity index (χ3n) is 4.87. The third-order valence-corrected chi connectivity index (χ3v) is 5.11. The van der Waals surface area contributed by atoms with Gasteiger partial charge in [0, 0.05) is 23.2 Å². The minimum Gasteiger partial charge on any atom is -0.481 e. The van der Waals surface area contributed by atoms with Gasteiger partial charge in [-0.15, -0.1) is 5.10 Å². The van der Waals surface area contributed by atoms with Crippen molar-refractivity contribution in [2.75, 3.05) is 6.54 Å². The first kappa shape index (κ1) is 22.4. The molecule has 0 radical (unpaired) electrons. The molecular formula is C21H21ClFN5O3. The molecule has 0 saturated heterocycles. The van der Waals surface area contributed by atoms with Gasteiger partial charge in [-0.1, -0.05) is 41.1 Å². The number of carbonyl (C=O) groups excluding carboxylic acids is 1. The predicted octanol–water partition coefficient (Wildman–Crippen LogP) is 2.65. The van der Waals surface area contributed by atoms with E-state index < -0.39 is 23.8 Å². The number of aliphatic carboxylic acids is 1. The van der Waals surface area contributed by atoms with E-state index in [-0.39, 0.29) is 24.5 Å². The number of hydrogen-bond acceptors (Lipinski definition) is 5. The molecule has 162 valence electrons. The normalized spacial score (nSPS) is 12.9. The lowest BCUT2D eigenvalue weighted by Crippen LogP contribution is -2.40. The maximum Gasteiger partial charge on any atom is 0.307 e. The van der Waals surface area contributed by atoms with Gasteiger partial charge >= 0.3 is 5.97 Å². The van der Waals surface area contributed by atoms with Crippen molar-refractivity contribution >= 4 is 23.5 Å². The second kappa shape index (κ2) is 10.1. The van der Waals surface area contributed by atoms with Crippen LogP contribution < -0.4 is 11.1 Å². The molecule has 0 aliphatic carbocycles. The van der Waals surface area contributed by atoms with Crippen molar-refractivity contribution in [3.8, 4) is 11.1 Å². The first-order valence-electron chi connectivity index (χ1n) is 9.51. The standard InChI is InChI=1S/C21H21ClFN5O3/c22-15-5-6-18(23)17(9-15)13-3-1-12(2-4-13)7-16(8-14(10-24)21(30)31)26-20(29)19-11-25-28-27-19/h1-6,9,11,14,16H,7-8,10,24H2,(H,26,29)(H,30,31)(H,25,27,28)/t14-,16+/m0/s1. The molecule has 1 heterocycles. The molecule has 0 spiro atoms. The van der Waals surface area contributed by atoms with Gasteiger partial charge in [-0.3, -0.25) is 14.7 Å². The Hall–Kier alpha value is -3.30. The van der Waals surface area contributed by atoms with E-state index in [1.165, 1.54) is 18.3 Å². The Bertz CT molecular complexity index is 1040. The molecule has 0 aliphatic rings. The molecule has 10 heteroatoms. The molecule has 1 aromatic heterocycles. The Balaban J connectivity index is 1.78. The average molecular weight is 446 g/mol. The number of carboxylic acid groups (broad SMARTS) is 1. The van der Waals surface area contributed by atoms with E-state index in [1.54, 1.807) is 30.3 Å². The van der Waals surface area contributed by atoms with Gasteiger partial charge < -0.3 is 16.2 Å². The molecule has 0 saturated carbocycles. The van der Waals surface area contributed by atoms with Crippen LogP contribution in [-0.2, 0) is 11.2 Å². The highest BCUT2D eigenvalue weighted by Gasteiger charge is 2.24. The van der Waals surface area contributed by atoms with E-state index in [9.17, 15) is 19.1 Å². The topological polar surface area (TPSA) is 134 Å². The molecule has 31 heavy (non-hydrogen) atoms. The van der Waals surface area contributed by atoms with Crippen molar-refractivity contribution in [2.45, 2.75) is 18.9 Å². The SMILES string of the molecule is NC[C@H](C[C@@H](Cc1ccc(-c2cc(Cl)ccc2F)cc1)NC(=O)c1cnn[nH]1)C(=O)O. The van der Waals surface area contributed by atoms with Crippen LogP contribution >= 0.6 is 11.6 Å². The van der Waals surface area contributed by atoms with Crippen LogP contribution in [-0.4, -0.2) is 45.0 Å². The van der Waals surface area contributed by atoms with Gasteiger partial charge in [0.15, 0.2) is 0 Å². The number of aromatic amines is 1. The highest BCUT2D eigenvalue weighted by atomic mass is 35.5. The fourth-order valence-corrected chi connectivity index (χ4v) is 3.40. The van der Waals surface area contributed by atoms with Gasteiger partial charge in [-0.25, -0.2) is 4.39 Å².